The zero-order valence-electron chi connectivity index (χ0n) is 22.9. The second-order valence-electron chi connectivity index (χ2n) is 11.2. The second kappa shape index (κ2) is 12.1. The standard InChI is InChI=1S/C30H39ClN2O5S/c1-6-8-14-38-29(37)24-23-16-19(5)30(39-23)25(24)27(35)33(22(17-34)15-18(3)4)26(30)28(36)32(13-7-2)21-11-9-20(31)10-12-21/h6-7,9-12,18-19,22-26,34H,1-2,8,13-17H2,3-5H3/t19?,22-,23-,24+,25+,26?,30?/m1/s1. The Hall–Kier alpha value is -2.29. The van der Waals surface area contributed by atoms with Gasteiger partial charge in [0.15, 0.2) is 0 Å². The zero-order valence-corrected chi connectivity index (χ0v) is 24.5. The van der Waals surface area contributed by atoms with Crippen LogP contribution in [0.1, 0.15) is 40.0 Å². The minimum absolute atomic E-state index is 0.00631. The maximum absolute atomic E-state index is 14.7. The molecule has 7 atom stereocenters. The molecule has 3 heterocycles. The van der Waals surface area contributed by atoms with E-state index in [4.69, 9.17) is 16.3 Å². The molecule has 2 amide bonds. The van der Waals surface area contributed by atoms with Crippen molar-refractivity contribution in [2.45, 2.75) is 62.1 Å². The molecule has 9 heteroatoms. The maximum Gasteiger partial charge on any atom is 0.310 e. The summed E-state index contributed by atoms with van der Waals surface area (Å²) >= 11 is 7.73. The first-order valence-electron chi connectivity index (χ1n) is 13.7. The van der Waals surface area contributed by atoms with Gasteiger partial charge in [-0.15, -0.1) is 24.9 Å². The van der Waals surface area contributed by atoms with Crippen LogP contribution in [0.2, 0.25) is 5.02 Å². The van der Waals surface area contributed by atoms with Crippen molar-refractivity contribution in [3.8, 4) is 0 Å². The predicted molar refractivity (Wildman–Crippen MR) is 156 cm³/mol. The SMILES string of the molecule is C=CCCOC(=O)[C@@H]1[C@H]2C(=O)N([C@@H](CO)CC(C)C)C(C(=O)N(CC=C)c3ccc(Cl)cc3)C23S[C@@H]1CC3C. The van der Waals surface area contributed by atoms with Gasteiger partial charge in [-0.2, -0.15) is 0 Å². The molecule has 3 aliphatic heterocycles. The summed E-state index contributed by atoms with van der Waals surface area (Å²) in [7, 11) is 0. The average Bonchev–Trinajstić information content (AvgIpc) is 3.49. The van der Waals surface area contributed by atoms with Gasteiger partial charge in [-0.05, 0) is 55.4 Å². The molecule has 3 aliphatic rings. The molecule has 0 radical (unpaired) electrons. The molecule has 1 aromatic rings. The summed E-state index contributed by atoms with van der Waals surface area (Å²) in [6, 6.07) is 5.61. The van der Waals surface area contributed by atoms with Crippen LogP contribution in [0.5, 0.6) is 0 Å². The summed E-state index contributed by atoms with van der Waals surface area (Å²) in [5.41, 5.74) is 0.645. The van der Waals surface area contributed by atoms with Crippen molar-refractivity contribution < 1.29 is 24.2 Å². The Morgan fingerprint density at radius 1 is 1.28 bits per heavy atom. The number of hydrogen-bond donors (Lipinski definition) is 1. The molecule has 3 saturated heterocycles. The van der Waals surface area contributed by atoms with E-state index in [2.05, 4.69) is 20.1 Å². The van der Waals surface area contributed by atoms with Crippen LogP contribution in [-0.2, 0) is 19.1 Å². The Bertz CT molecular complexity index is 1110. The van der Waals surface area contributed by atoms with Gasteiger partial charge >= 0.3 is 5.97 Å². The first-order chi connectivity index (χ1) is 18.6. The van der Waals surface area contributed by atoms with E-state index < -0.39 is 28.7 Å². The normalized spacial score (nSPS) is 29.8. The number of esters is 1. The van der Waals surface area contributed by atoms with Crippen molar-refractivity contribution in [2.75, 3.05) is 24.7 Å². The molecule has 3 fully saturated rings. The lowest BCUT2D eigenvalue weighted by Gasteiger charge is -2.42. The predicted octanol–water partition coefficient (Wildman–Crippen LogP) is 4.72. The number of aliphatic hydroxyl groups excluding tert-OH is 1. The van der Waals surface area contributed by atoms with Crippen LogP contribution in [0.15, 0.2) is 49.6 Å². The van der Waals surface area contributed by atoms with E-state index in [1.165, 1.54) is 0 Å². The number of likely N-dealkylation sites (tertiary alicyclic amines) is 1. The van der Waals surface area contributed by atoms with E-state index in [0.717, 1.165) is 0 Å². The van der Waals surface area contributed by atoms with Crippen molar-refractivity contribution in [2.24, 2.45) is 23.7 Å². The molecule has 3 unspecified atom stereocenters. The van der Waals surface area contributed by atoms with Gasteiger partial charge in [0.25, 0.3) is 5.91 Å². The number of halogens is 1. The molecule has 0 saturated carbocycles. The molecule has 0 aromatic heterocycles. The molecule has 212 valence electrons. The number of anilines is 1. The lowest BCUT2D eigenvalue weighted by molar-refractivity contribution is -0.155. The number of rotatable bonds is 12. The highest BCUT2D eigenvalue weighted by Gasteiger charge is 2.77. The van der Waals surface area contributed by atoms with E-state index in [-0.39, 0.29) is 54.6 Å². The number of nitrogens with zero attached hydrogens (tertiary/aromatic N) is 2. The van der Waals surface area contributed by atoms with Crippen LogP contribution >= 0.6 is 23.4 Å². The number of carbonyl (C=O) groups excluding carboxylic acids is 3. The van der Waals surface area contributed by atoms with Gasteiger partial charge in [0, 0.05) is 22.5 Å². The first-order valence-corrected chi connectivity index (χ1v) is 14.9. The van der Waals surface area contributed by atoms with E-state index in [0.29, 0.717) is 30.0 Å². The smallest absolute Gasteiger partial charge is 0.310 e. The van der Waals surface area contributed by atoms with Crippen molar-refractivity contribution >= 4 is 46.8 Å². The van der Waals surface area contributed by atoms with Gasteiger partial charge in [0.1, 0.15) is 6.04 Å². The fourth-order valence-corrected chi connectivity index (χ4v) is 9.30. The summed E-state index contributed by atoms with van der Waals surface area (Å²) in [5.74, 6) is -2.01. The summed E-state index contributed by atoms with van der Waals surface area (Å²) < 4.78 is 4.78. The number of benzene rings is 1. The highest BCUT2D eigenvalue weighted by molar-refractivity contribution is 8.02. The van der Waals surface area contributed by atoms with Crippen molar-refractivity contribution in [3.05, 3.63) is 54.6 Å². The monoisotopic (exact) mass is 574 g/mol. The second-order valence-corrected chi connectivity index (χ2v) is 13.2. The number of hydrogen-bond acceptors (Lipinski definition) is 6. The highest BCUT2D eigenvalue weighted by atomic mass is 35.5. The van der Waals surface area contributed by atoms with Gasteiger partial charge in [-0.3, -0.25) is 14.4 Å². The highest BCUT2D eigenvalue weighted by Crippen LogP contribution is 2.69. The average molecular weight is 575 g/mol. The molecule has 4 rings (SSSR count). The minimum atomic E-state index is -0.850. The molecule has 7 nitrogen and oxygen atoms in total. The molecule has 1 aromatic carbocycles. The van der Waals surface area contributed by atoms with Crippen LogP contribution in [0, 0.1) is 23.7 Å². The van der Waals surface area contributed by atoms with E-state index >= 15 is 0 Å². The van der Waals surface area contributed by atoms with Crippen LogP contribution in [0.25, 0.3) is 0 Å². The number of carbonyl (C=O) groups is 3. The fraction of sp³-hybridized carbons (Fsp3) is 0.567. The maximum atomic E-state index is 14.7. The third-order valence-electron chi connectivity index (χ3n) is 8.32. The molecule has 2 bridgehead atoms. The summed E-state index contributed by atoms with van der Waals surface area (Å²) in [4.78, 5) is 45.7. The van der Waals surface area contributed by atoms with E-state index in [1.54, 1.807) is 58.0 Å². The Balaban J connectivity index is 1.82. The topological polar surface area (TPSA) is 87.1 Å². The molecule has 39 heavy (non-hydrogen) atoms. The lowest BCUT2D eigenvalue weighted by Crippen LogP contribution is -2.59. The van der Waals surface area contributed by atoms with Crippen LogP contribution < -0.4 is 4.90 Å². The van der Waals surface area contributed by atoms with Crippen molar-refractivity contribution in [1.29, 1.82) is 0 Å². The van der Waals surface area contributed by atoms with Gasteiger partial charge in [0.05, 0.1) is 35.8 Å². The number of amides is 2. The van der Waals surface area contributed by atoms with Gasteiger partial charge in [-0.25, -0.2) is 0 Å². The number of aliphatic hydroxyl groups is 1. The van der Waals surface area contributed by atoms with Gasteiger partial charge < -0.3 is 19.6 Å². The van der Waals surface area contributed by atoms with Crippen LogP contribution in [-0.4, -0.2) is 69.6 Å². The minimum Gasteiger partial charge on any atom is -0.465 e. The first kappa shape index (κ1) is 29.7. The molecule has 0 aliphatic carbocycles. The summed E-state index contributed by atoms with van der Waals surface area (Å²) in [5, 5.41) is 10.9. The Labute approximate surface area is 240 Å². The van der Waals surface area contributed by atoms with E-state index in [1.807, 2.05) is 13.8 Å². The zero-order chi connectivity index (χ0) is 28.5. The fourth-order valence-electron chi connectivity index (χ4n) is 6.78. The summed E-state index contributed by atoms with van der Waals surface area (Å²) in [6.45, 7) is 13.9. The molecule has 1 N–H and O–H groups in total. The van der Waals surface area contributed by atoms with Crippen LogP contribution in [0.3, 0.4) is 0 Å². The quantitative estimate of drug-likeness (QED) is 0.221. The molecular weight excluding hydrogens is 536 g/mol. The number of thioether (sulfide) groups is 1. The van der Waals surface area contributed by atoms with Gasteiger partial charge in [-0.1, -0.05) is 44.5 Å². The third-order valence-corrected chi connectivity index (χ3v) is 10.6. The largest absolute Gasteiger partial charge is 0.465 e. The molecular formula is C30H39ClN2O5S. The number of ether oxygens (including phenoxy) is 1. The molecule has 1 spiro atoms. The van der Waals surface area contributed by atoms with Crippen molar-refractivity contribution in [1.82, 2.24) is 4.90 Å². The Morgan fingerprint density at radius 2 is 1.97 bits per heavy atom. The summed E-state index contributed by atoms with van der Waals surface area (Å²) in [6.07, 6.45) is 5.12. The Kier molecular flexibility index (Phi) is 9.19. The van der Waals surface area contributed by atoms with Gasteiger partial charge in [0.2, 0.25) is 5.91 Å². The number of fused-ring (bicyclic) bond motifs is 1. The van der Waals surface area contributed by atoms with Crippen LogP contribution in [0.4, 0.5) is 5.69 Å². The Morgan fingerprint density at radius 3 is 2.56 bits per heavy atom. The van der Waals surface area contributed by atoms with Crippen molar-refractivity contribution in [3.63, 3.8) is 0 Å². The third kappa shape index (κ3) is 5.16. The lowest BCUT2D eigenvalue weighted by atomic mass is 9.66. The van der Waals surface area contributed by atoms with E-state index in [9.17, 15) is 19.5 Å².